The van der Waals surface area contributed by atoms with E-state index >= 15 is 0 Å². The van der Waals surface area contributed by atoms with E-state index in [0.717, 1.165) is 34.4 Å². The molecule has 0 bridgehead atoms. The summed E-state index contributed by atoms with van der Waals surface area (Å²) in [6.45, 7) is 3.64. The van der Waals surface area contributed by atoms with Crippen molar-refractivity contribution in [2.75, 3.05) is 11.9 Å². The van der Waals surface area contributed by atoms with E-state index in [2.05, 4.69) is 15.3 Å². The Kier molecular flexibility index (Phi) is 4.77. The third-order valence-electron chi connectivity index (χ3n) is 5.75. The molecule has 4 heterocycles. The minimum atomic E-state index is -0.710. The lowest BCUT2D eigenvalue weighted by Gasteiger charge is -2.23. The van der Waals surface area contributed by atoms with Gasteiger partial charge in [0, 0.05) is 11.6 Å². The molecule has 1 aliphatic carbocycles. The summed E-state index contributed by atoms with van der Waals surface area (Å²) in [5.41, 5.74) is 1.69. The second-order valence-corrected chi connectivity index (χ2v) is 9.40. The molecule has 9 heteroatoms. The van der Waals surface area contributed by atoms with E-state index < -0.39 is 11.9 Å². The predicted molar refractivity (Wildman–Crippen MR) is 107 cm³/mol. The van der Waals surface area contributed by atoms with Gasteiger partial charge < -0.3 is 24.6 Å². The Labute approximate surface area is 172 Å². The number of aliphatic hydroxyl groups excluding tert-OH is 1. The van der Waals surface area contributed by atoms with E-state index in [9.17, 15) is 5.11 Å². The standard InChI is InChI=1S/C19H24ClN3O4S/c1-19(2)26-14-11(7-24)25-13(15(14)27-19)10-8-28-16-12(10)22-18(20)23-17(16)21-9-5-3-4-6-9/h8-9,11,13-15,24H,3-7H2,1-2H3,(H,21,22,23)/t11-,13+,14-,15+/m1/s1. The van der Waals surface area contributed by atoms with E-state index in [1.807, 2.05) is 19.2 Å². The zero-order chi connectivity index (χ0) is 19.5. The normalized spacial score (nSPS) is 32.3. The molecular formula is C19H24ClN3O4S. The predicted octanol–water partition coefficient (Wildman–Crippen LogP) is 3.65. The van der Waals surface area contributed by atoms with Gasteiger partial charge in [-0.25, -0.2) is 4.98 Å². The zero-order valence-corrected chi connectivity index (χ0v) is 17.4. The van der Waals surface area contributed by atoms with Crippen LogP contribution in [-0.2, 0) is 14.2 Å². The number of hydrogen-bond acceptors (Lipinski definition) is 8. The molecule has 0 radical (unpaired) electrons. The molecule has 2 aliphatic heterocycles. The topological polar surface area (TPSA) is 85.7 Å². The maximum atomic E-state index is 9.74. The molecule has 2 aromatic rings. The van der Waals surface area contributed by atoms with Crippen LogP contribution in [0.5, 0.6) is 0 Å². The van der Waals surface area contributed by atoms with Crippen molar-refractivity contribution in [2.24, 2.45) is 0 Å². The molecule has 0 unspecified atom stereocenters. The lowest BCUT2D eigenvalue weighted by Crippen LogP contribution is -2.31. The second kappa shape index (κ2) is 7.04. The average molecular weight is 426 g/mol. The van der Waals surface area contributed by atoms with Crippen LogP contribution >= 0.6 is 22.9 Å². The Morgan fingerprint density at radius 1 is 1.25 bits per heavy atom. The highest BCUT2D eigenvalue weighted by molar-refractivity contribution is 7.18. The van der Waals surface area contributed by atoms with E-state index in [-0.39, 0.29) is 30.2 Å². The van der Waals surface area contributed by atoms with Crippen molar-refractivity contribution in [1.82, 2.24) is 9.97 Å². The number of aromatic nitrogens is 2. The highest BCUT2D eigenvalue weighted by Gasteiger charge is 2.55. The van der Waals surface area contributed by atoms with Crippen LogP contribution in [0.25, 0.3) is 10.2 Å². The Balaban J connectivity index is 1.52. The van der Waals surface area contributed by atoms with Crippen LogP contribution in [0.4, 0.5) is 5.82 Å². The van der Waals surface area contributed by atoms with Crippen molar-refractivity contribution in [2.45, 2.75) is 75.8 Å². The van der Waals surface area contributed by atoms with Crippen molar-refractivity contribution >= 4 is 39.0 Å². The molecule has 3 aliphatic rings. The van der Waals surface area contributed by atoms with Crippen LogP contribution in [0.3, 0.4) is 0 Å². The second-order valence-electron chi connectivity index (χ2n) is 8.18. The van der Waals surface area contributed by atoms with Crippen LogP contribution in [0.15, 0.2) is 5.38 Å². The number of nitrogens with zero attached hydrogens (tertiary/aromatic N) is 2. The van der Waals surface area contributed by atoms with Gasteiger partial charge in [-0.05, 0) is 43.7 Å². The van der Waals surface area contributed by atoms with Crippen LogP contribution in [0, 0.1) is 0 Å². The summed E-state index contributed by atoms with van der Waals surface area (Å²) in [6.07, 6.45) is 3.36. The Hall–Kier alpha value is -1.03. The molecule has 7 nitrogen and oxygen atoms in total. The molecular weight excluding hydrogens is 402 g/mol. The van der Waals surface area contributed by atoms with E-state index in [4.69, 9.17) is 25.8 Å². The van der Waals surface area contributed by atoms with Gasteiger partial charge in [-0.2, -0.15) is 4.98 Å². The van der Waals surface area contributed by atoms with Gasteiger partial charge in [-0.15, -0.1) is 11.3 Å². The summed E-state index contributed by atoms with van der Waals surface area (Å²) in [7, 11) is 0. The summed E-state index contributed by atoms with van der Waals surface area (Å²) in [5.74, 6) is 0.0774. The summed E-state index contributed by atoms with van der Waals surface area (Å²) < 4.78 is 19.2. The van der Waals surface area contributed by atoms with E-state index in [1.165, 1.54) is 12.8 Å². The minimum Gasteiger partial charge on any atom is -0.394 e. The number of aliphatic hydroxyl groups is 1. The first-order valence-electron chi connectivity index (χ1n) is 9.78. The van der Waals surface area contributed by atoms with Crippen LogP contribution in [-0.4, -0.2) is 51.8 Å². The molecule has 2 saturated heterocycles. The fourth-order valence-corrected chi connectivity index (χ4v) is 5.70. The van der Waals surface area contributed by atoms with Gasteiger partial charge >= 0.3 is 0 Å². The fraction of sp³-hybridized carbons (Fsp3) is 0.684. The highest BCUT2D eigenvalue weighted by atomic mass is 35.5. The molecule has 0 amide bonds. The van der Waals surface area contributed by atoms with Crippen molar-refractivity contribution in [3.63, 3.8) is 0 Å². The van der Waals surface area contributed by atoms with Crippen molar-refractivity contribution in [3.8, 4) is 0 Å². The maximum Gasteiger partial charge on any atom is 0.224 e. The van der Waals surface area contributed by atoms with Crippen LogP contribution in [0.1, 0.15) is 51.2 Å². The fourth-order valence-electron chi connectivity index (χ4n) is 4.55. The Bertz CT molecular complexity index is 885. The first-order valence-corrected chi connectivity index (χ1v) is 11.0. The molecule has 152 valence electrons. The Morgan fingerprint density at radius 2 is 2.00 bits per heavy atom. The third kappa shape index (κ3) is 3.20. The summed E-state index contributed by atoms with van der Waals surface area (Å²) in [6, 6.07) is 0.429. The number of fused-ring (bicyclic) bond motifs is 2. The first-order chi connectivity index (χ1) is 13.4. The van der Waals surface area contributed by atoms with Crippen molar-refractivity contribution < 1.29 is 19.3 Å². The first kappa shape index (κ1) is 19.0. The highest BCUT2D eigenvalue weighted by Crippen LogP contribution is 2.48. The lowest BCUT2D eigenvalue weighted by atomic mass is 10.0. The molecule has 1 saturated carbocycles. The van der Waals surface area contributed by atoms with Gasteiger partial charge in [0.1, 0.15) is 30.2 Å². The summed E-state index contributed by atoms with van der Waals surface area (Å²) in [5, 5.41) is 15.5. The number of hydrogen-bond donors (Lipinski definition) is 2. The quantitative estimate of drug-likeness (QED) is 0.723. The third-order valence-corrected chi connectivity index (χ3v) is 6.91. The van der Waals surface area contributed by atoms with E-state index in [1.54, 1.807) is 11.3 Å². The van der Waals surface area contributed by atoms with Gasteiger partial charge in [0.05, 0.1) is 16.8 Å². The lowest BCUT2D eigenvalue weighted by molar-refractivity contribution is -0.190. The number of rotatable bonds is 4. The van der Waals surface area contributed by atoms with Gasteiger partial charge in [-0.3, -0.25) is 0 Å². The SMILES string of the molecule is CC1(C)O[C@@H]2[C@H](O1)[C@@H](CO)O[C@H]2c1csc2c(NC3CCCC3)nc(Cl)nc12. The molecule has 0 spiro atoms. The van der Waals surface area contributed by atoms with Crippen LogP contribution < -0.4 is 5.32 Å². The van der Waals surface area contributed by atoms with Gasteiger partial charge in [0.25, 0.3) is 0 Å². The molecule has 3 fully saturated rings. The van der Waals surface area contributed by atoms with Gasteiger partial charge in [0.2, 0.25) is 5.28 Å². The number of anilines is 1. The summed E-state index contributed by atoms with van der Waals surface area (Å²) in [4.78, 5) is 8.95. The molecule has 2 N–H and O–H groups in total. The monoisotopic (exact) mass is 425 g/mol. The van der Waals surface area contributed by atoms with E-state index in [0.29, 0.717) is 6.04 Å². The molecule has 2 aromatic heterocycles. The van der Waals surface area contributed by atoms with Crippen molar-refractivity contribution in [3.05, 3.63) is 16.2 Å². The number of halogens is 1. The molecule has 0 aromatic carbocycles. The molecule has 5 rings (SSSR count). The maximum absolute atomic E-state index is 9.74. The number of nitrogens with one attached hydrogen (secondary N) is 1. The van der Waals surface area contributed by atoms with Crippen molar-refractivity contribution in [1.29, 1.82) is 0 Å². The van der Waals surface area contributed by atoms with Gasteiger partial charge in [0.15, 0.2) is 5.79 Å². The molecule has 28 heavy (non-hydrogen) atoms. The number of ether oxygens (including phenoxy) is 3. The largest absolute Gasteiger partial charge is 0.394 e. The average Bonchev–Trinajstić information content (AvgIpc) is 3.38. The van der Waals surface area contributed by atoms with Gasteiger partial charge in [-0.1, -0.05) is 12.8 Å². The summed E-state index contributed by atoms with van der Waals surface area (Å²) >= 11 is 7.84. The zero-order valence-electron chi connectivity index (χ0n) is 15.9. The molecule has 4 atom stereocenters. The smallest absolute Gasteiger partial charge is 0.224 e. The minimum absolute atomic E-state index is 0.122. The Morgan fingerprint density at radius 3 is 2.75 bits per heavy atom. The number of thiophene rings is 1. The van der Waals surface area contributed by atoms with Crippen LogP contribution in [0.2, 0.25) is 5.28 Å².